The predicted octanol–water partition coefficient (Wildman–Crippen LogP) is 3.37. The Bertz CT molecular complexity index is 603. The van der Waals surface area contributed by atoms with Crippen LogP contribution < -0.4 is 10.6 Å². The van der Waals surface area contributed by atoms with Crippen LogP contribution in [0.15, 0.2) is 42.5 Å². The normalized spacial score (nSPS) is 13.4. The van der Waals surface area contributed by atoms with Crippen molar-refractivity contribution in [3.05, 3.63) is 57.2 Å². The molecule has 118 valence electrons. The fourth-order valence-electron chi connectivity index (χ4n) is 2.12. The van der Waals surface area contributed by atoms with Crippen molar-refractivity contribution >= 4 is 29.0 Å². The molecule has 1 heterocycles. The van der Waals surface area contributed by atoms with E-state index in [0.717, 1.165) is 10.4 Å². The number of aliphatic hydroxyl groups excluding tert-OH is 1. The lowest BCUT2D eigenvalue weighted by Gasteiger charge is -2.19. The smallest absolute Gasteiger partial charge is 0.315 e. The molecule has 2 atom stereocenters. The van der Waals surface area contributed by atoms with E-state index in [9.17, 15) is 9.90 Å². The van der Waals surface area contributed by atoms with Gasteiger partial charge in [-0.2, -0.15) is 0 Å². The third-order valence-corrected chi connectivity index (χ3v) is 4.66. The average molecular weight is 339 g/mol. The molecule has 0 spiro atoms. The molecule has 2 amide bonds. The number of thiophene rings is 1. The van der Waals surface area contributed by atoms with Gasteiger partial charge in [-0.1, -0.05) is 41.9 Å². The molecule has 0 saturated carbocycles. The number of carbonyl (C=O) groups is 1. The highest BCUT2D eigenvalue weighted by Gasteiger charge is 2.15. The molecule has 0 fully saturated rings. The van der Waals surface area contributed by atoms with E-state index >= 15 is 0 Å². The van der Waals surface area contributed by atoms with Crippen molar-refractivity contribution in [2.24, 2.45) is 0 Å². The van der Waals surface area contributed by atoms with E-state index in [1.807, 2.05) is 49.4 Å². The summed E-state index contributed by atoms with van der Waals surface area (Å²) in [6.07, 6.45) is 0.587. The highest BCUT2D eigenvalue weighted by molar-refractivity contribution is 7.16. The highest BCUT2D eigenvalue weighted by Crippen LogP contribution is 2.26. The van der Waals surface area contributed by atoms with Gasteiger partial charge in [0.15, 0.2) is 0 Å². The number of hydrogen-bond acceptors (Lipinski definition) is 3. The molecule has 4 nitrogen and oxygen atoms in total. The van der Waals surface area contributed by atoms with Gasteiger partial charge in [-0.3, -0.25) is 0 Å². The lowest BCUT2D eigenvalue weighted by Crippen LogP contribution is -2.45. The molecule has 0 unspecified atom stereocenters. The summed E-state index contributed by atoms with van der Waals surface area (Å²) in [6.45, 7) is 1.79. The van der Waals surface area contributed by atoms with Gasteiger partial charge >= 0.3 is 6.03 Å². The lowest BCUT2D eigenvalue weighted by molar-refractivity contribution is 0.214. The number of halogens is 1. The lowest BCUT2D eigenvalue weighted by atomic mass is 10.1. The molecule has 1 aromatic carbocycles. The van der Waals surface area contributed by atoms with Crippen LogP contribution in [0.25, 0.3) is 0 Å². The van der Waals surface area contributed by atoms with E-state index in [-0.39, 0.29) is 24.7 Å². The zero-order valence-electron chi connectivity index (χ0n) is 12.3. The Morgan fingerprint density at radius 1 is 1.23 bits per heavy atom. The fraction of sp³-hybridized carbons (Fsp3) is 0.312. The quantitative estimate of drug-likeness (QED) is 0.756. The SMILES string of the molecule is C[C@H](NC(=O)N[C@@H](CO)Cc1ccccc1)c1ccc(Cl)s1. The van der Waals surface area contributed by atoms with Crippen molar-refractivity contribution in [1.82, 2.24) is 10.6 Å². The first-order chi connectivity index (χ1) is 10.6. The summed E-state index contributed by atoms with van der Waals surface area (Å²) < 4.78 is 0.696. The molecule has 1 aromatic heterocycles. The van der Waals surface area contributed by atoms with Crippen LogP contribution >= 0.6 is 22.9 Å². The van der Waals surface area contributed by atoms with Crippen LogP contribution in [0.4, 0.5) is 4.79 Å². The second-order valence-electron chi connectivity index (χ2n) is 5.05. The first kappa shape index (κ1) is 16.8. The van der Waals surface area contributed by atoms with Crippen LogP contribution in [0, 0.1) is 0 Å². The number of amides is 2. The molecule has 2 rings (SSSR count). The Morgan fingerprint density at radius 2 is 1.95 bits per heavy atom. The minimum atomic E-state index is -0.318. The second-order valence-corrected chi connectivity index (χ2v) is 6.80. The zero-order chi connectivity index (χ0) is 15.9. The number of carbonyl (C=O) groups excluding carboxylic acids is 1. The minimum absolute atomic E-state index is 0.110. The van der Waals surface area contributed by atoms with Gasteiger partial charge in [0.2, 0.25) is 0 Å². The van der Waals surface area contributed by atoms with Crippen molar-refractivity contribution in [2.45, 2.75) is 25.4 Å². The number of hydrogen-bond donors (Lipinski definition) is 3. The summed E-state index contributed by atoms with van der Waals surface area (Å²) in [6, 6.07) is 12.7. The molecule has 0 saturated heterocycles. The summed E-state index contributed by atoms with van der Waals surface area (Å²) in [4.78, 5) is 13.0. The number of benzene rings is 1. The van der Waals surface area contributed by atoms with Crippen LogP contribution in [0.5, 0.6) is 0 Å². The van der Waals surface area contributed by atoms with Gasteiger partial charge < -0.3 is 15.7 Å². The molecule has 0 aliphatic rings. The largest absolute Gasteiger partial charge is 0.394 e. The maximum Gasteiger partial charge on any atom is 0.315 e. The fourth-order valence-corrected chi connectivity index (χ4v) is 3.18. The van der Waals surface area contributed by atoms with E-state index in [2.05, 4.69) is 10.6 Å². The van der Waals surface area contributed by atoms with Crippen LogP contribution in [0.2, 0.25) is 4.34 Å². The Morgan fingerprint density at radius 3 is 2.55 bits per heavy atom. The van der Waals surface area contributed by atoms with Crippen LogP contribution in [-0.2, 0) is 6.42 Å². The predicted molar refractivity (Wildman–Crippen MR) is 90.4 cm³/mol. The monoisotopic (exact) mass is 338 g/mol. The van der Waals surface area contributed by atoms with Gasteiger partial charge in [0.25, 0.3) is 0 Å². The summed E-state index contributed by atoms with van der Waals surface area (Å²) >= 11 is 7.33. The Kier molecular flexibility index (Phi) is 6.24. The van der Waals surface area contributed by atoms with E-state index in [0.29, 0.717) is 10.8 Å². The molecule has 0 aliphatic carbocycles. The number of urea groups is 1. The van der Waals surface area contributed by atoms with Crippen LogP contribution in [0.3, 0.4) is 0 Å². The summed E-state index contributed by atoms with van der Waals surface area (Å²) in [7, 11) is 0. The third-order valence-electron chi connectivity index (χ3n) is 3.25. The zero-order valence-corrected chi connectivity index (χ0v) is 13.8. The first-order valence-corrected chi connectivity index (χ1v) is 8.25. The molecule has 3 N–H and O–H groups in total. The average Bonchev–Trinajstić information content (AvgIpc) is 2.94. The Hall–Kier alpha value is -1.56. The van der Waals surface area contributed by atoms with Crippen molar-refractivity contribution in [1.29, 1.82) is 0 Å². The van der Waals surface area contributed by atoms with Crippen molar-refractivity contribution in [3.8, 4) is 0 Å². The molecule has 0 aliphatic heterocycles. The standard InChI is InChI=1S/C16H19ClN2O2S/c1-11(14-7-8-15(17)22-14)18-16(21)19-13(10-20)9-12-5-3-2-4-6-12/h2-8,11,13,20H,9-10H2,1H3,(H2,18,19,21)/t11-,13+/m0/s1. The highest BCUT2D eigenvalue weighted by atomic mass is 35.5. The Labute approximate surface area is 139 Å². The van der Waals surface area contributed by atoms with E-state index in [1.165, 1.54) is 11.3 Å². The van der Waals surface area contributed by atoms with Gasteiger partial charge in [0, 0.05) is 4.88 Å². The summed E-state index contributed by atoms with van der Waals surface area (Å²) in [5, 5.41) is 15.1. The molecule has 0 radical (unpaired) electrons. The molecular formula is C16H19ClN2O2S. The summed E-state index contributed by atoms with van der Waals surface area (Å²) in [5.74, 6) is 0. The van der Waals surface area contributed by atoms with Gasteiger partial charge in [-0.25, -0.2) is 4.79 Å². The van der Waals surface area contributed by atoms with Crippen molar-refractivity contribution < 1.29 is 9.90 Å². The molecule has 0 bridgehead atoms. The van der Waals surface area contributed by atoms with Crippen molar-refractivity contribution in [3.63, 3.8) is 0 Å². The van der Waals surface area contributed by atoms with E-state index < -0.39 is 0 Å². The van der Waals surface area contributed by atoms with Crippen molar-refractivity contribution in [2.75, 3.05) is 6.61 Å². The first-order valence-electron chi connectivity index (χ1n) is 7.05. The van der Waals surface area contributed by atoms with Gasteiger partial charge in [-0.05, 0) is 31.0 Å². The molecule has 22 heavy (non-hydrogen) atoms. The van der Waals surface area contributed by atoms with Gasteiger partial charge in [0.05, 0.1) is 23.0 Å². The van der Waals surface area contributed by atoms with E-state index in [4.69, 9.17) is 11.6 Å². The number of rotatable bonds is 6. The molecule has 2 aromatic rings. The van der Waals surface area contributed by atoms with Gasteiger partial charge in [0.1, 0.15) is 0 Å². The maximum atomic E-state index is 12.0. The summed E-state index contributed by atoms with van der Waals surface area (Å²) in [5.41, 5.74) is 1.07. The van der Waals surface area contributed by atoms with Crippen LogP contribution in [0.1, 0.15) is 23.4 Å². The maximum absolute atomic E-state index is 12.0. The Balaban J connectivity index is 1.86. The number of aliphatic hydroxyl groups is 1. The second kappa shape index (κ2) is 8.17. The van der Waals surface area contributed by atoms with E-state index in [1.54, 1.807) is 0 Å². The topological polar surface area (TPSA) is 61.4 Å². The van der Waals surface area contributed by atoms with Crippen LogP contribution in [-0.4, -0.2) is 23.8 Å². The van der Waals surface area contributed by atoms with Gasteiger partial charge in [-0.15, -0.1) is 11.3 Å². The minimum Gasteiger partial charge on any atom is -0.394 e. The number of nitrogens with one attached hydrogen (secondary N) is 2. The third kappa shape index (κ3) is 5.02. The molecule has 6 heteroatoms. The molecular weight excluding hydrogens is 320 g/mol.